The number of thiazole rings is 1. The van der Waals surface area contributed by atoms with Gasteiger partial charge >= 0.3 is 0 Å². The first kappa shape index (κ1) is 20.2. The van der Waals surface area contributed by atoms with Crippen LogP contribution in [0.15, 0.2) is 23.8 Å². The zero-order chi connectivity index (χ0) is 20.1. The first-order valence-corrected chi connectivity index (χ1v) is 10.4. The molecule has 0 bridgehead atoms. The number of piperazine rings is 1. The number of carbonyl (C=O) groups excluding carboxylic acids is 2. The van der Waals surface area contributed by atoms with Gasteiger partial charge in [-0.3, -0.25) is 9.59 Å². The van der Waals surface area contributed by atoms with E-state index in [9.17, 15) is 9.59 Å². The van der Waals surface area contributed by atoms with Crippen molar-refractivity contribution in [2.45, 2.75) is 33.2 Å². The van der Waals surface area contributed by atoms with Crippen LogP contribution in [-0.2, 0) is 4.79 Å². The summed E-state index contributed by atoms with van der Waals surface area (Å²) in [5.74, 6) is 0.945. The number of hydrogen-bond acceptors (Lipinski definition) is 7. The van der Waals surface area contributed by atoms with Crippen LogP contribution in [0.25, 0.3) is 0 Å². The average molecular weight is 403 g/mol. The fraction of sp³-hybridized carbons (Fsp3) is 0.526. The molecule has 28 heavy (non-hydrogen) atoms. The Bertz CT molecular complexity index is 802. The second-order valence-corrected chi connectivity index (χ2v) is 8.17. The van der Waals surface area contributed by atoms with Crippen LogP contribution < -0.4 is 10.2 Å². The summed E-state index contributed by atoms with van der Waals surface area (Å²) in [6, 6.07) is 1.63. The predicted octanol–water partition coefficient (Wildman–Crippen LogP) is 2.12. The molecule has 3 rings (SSSR count). The molecule has 1 N–H and O–H groups in total. The molecule has 1 fully saturated rings. The molecule has 2 amide bonds. The van der Waals surface area contributed by atoms with Crippen molar-refractivity contribution in [3.05, 3.63) is 34.5 Å². The Labute approximate surface area is 169 Å². The van der Waals surface area contributed by atoms with Crippen molar-refractivity contribution in [1.82, 2.24) is 25.2 Å². The van der Waals surface area contributed by atoms with Crippen LogP contribution in [0.3, 0.4) is 0 Å². The lowest BCUT2D eigenvalue weighted by Crippen LogP contribution is -2.49. The molecule has 1 aliphatic heterocycles. The van der Waals surface area contributed by atoms with E-state index in [2.05, 4.69) is 39.0 Å². The Morgan fingerprint density at radius 2 is 1.86 bits per heavy atom. The molecule has 1 saturated heterocycles. The summed E-state index contributed by atoms with van der Waals surface area (Å²) in [6.45, 7) is 8.29. The number of hydrogen-bond donors (Lipinski definition) is 1. The molecule has 0 radical (unpaired) electrons. The molecule has 2 aromatic rings. The highest BCUT2D eigenvalue weighted by Gasteiger charge is 2.26. The van der Waals surface area contributed by atoms with Gasteiger partial charge in [0, 0.05) is 50.9 Å². The Balaban J connectivity index is 1.63. The van der Waals surface area contributed by atoms with Crippen LogP contribution in [0.2, 0.25) is 0 Å². The molecule has 8 nitrogen and oxygen atoms in total. The van der Waals surface area contributed by atoms with Crippen LogP contribution in [0, 0.1) is 5.92 Å². The molecule has 0 unspecified atom stereocenters. The number of nitrogens with one attached hydrogen (secondary N) is 1. The lowest BCUT2D eigenvalue weighted by atomic mass is 10.0. The molecule has 0 aliphatic carbocycles. The van der Waals surface area contributed by atoms with E-state index in [4.69, 9.17) is 0 Å². The number of anilines is 1. The SMILES string of the molecule is CC(=O)N[C@H](CC(C)C)c1nc(C(=O)N2CCN(c3ncccn3)CC2)cs1. The van der Waals surface area contributed by atoms with E-state index < -0.39 is 0 Å². The van der Waals surface area contributed by atoms with Crippen molar-refractivity contribution in [3.63, 3.8) is 0 Å². The fourth-order valence-corrected chi connectivity index (χ4v) is 4.07. The quantitative estimate of drug-likeness (QED) is 0.796. The monoisotopic (exact) mass is 402 g/mol. The molecule has 0 spiro atoms. The third-order valence-corrected chi connectivity index (χ3v) is 5.48. The summed E-state index contributed by atoms with van der Waals surface area (Å²) >= 11 is 1.43. The van der Waals surface area contributed by atoms with Gasteiger partial charge in [0.05, 0.1) is 6.04 Å². The first-order chi connectivity index (χ1) is 13.4. The molecular formula is C19H26N6O2S. The normalized spacial score (nSPS) is 15.6. The Morgan fingerprint density at radius 1 is 1.18 bits per heavy atom. The molecular weight excluding hydrogens is 376 g/mol. The summed E-state index contributed by atoms with van der Waals surface area (Å²) in [5.41, 5.74) is 0.448. The topological polar surface area (TPSA) is 91.3 Å². The van der Waals surface area contributed by atoms with Gasteiger partial charge in [-0.05, 0) is 18.4 Å². The summed E-state index contributed by atoms with van der Waals surface area (Å²) in [7, 11) is 0. The Hall–Kier alpha value is -2.55. The molecule has 150 valence electrons. The van der Waals surface area contributed by atoms with Gasteiger partial charge in [0.25, 0.3) is 5.91 Å². The van der Waals surface area contributed by atoms with E-state index in [1.165, 1.54) is 18.3 Å². The minimum atomic E-state index is -0.156. The third-order valence-electron chi connectivity index (χ3n) is 4.53. The van der Waals surface area contributed by atoms with Crippen molar-refractivity contribution in [1.29, 1.82) is 0 Å². The van der Waals surface area contributed by atoms with Gasteiger partial charge in [0.15, 0.2) is 0 Å². The smallest absolute Gasteiger partial charge is 0.273 e. The number of aromatic nitrogens is 3. The van der Waals surface area contributed by atoms with Crippen LogP contribution >= 0.6 is 11.3 Å². The summed E-state index contributed by atoms with van der Waals surface area (Å²) < 4.78 is 0. The highest BCUT2D eigenvalue weighted by molar-refractivity contribution is 7.09. The van der Waals surface area contributed by atoms with Crippen LogP contribution in [0.5, 0.6) is 0 Å². The Morgan fingerprint density at radius 3 is 2.46 bits per heavy atom. The highest BCUT2D eigenvalue weighted by Crippen LogP contribution is 2.25. The van der Waals surface area contributed by atoms with E-state index in [1.54, 1.807) is 23.8 Å². The van der Waals surface area contributed by atoms with Crippen molar-refractivity contribution in [2.24, 2.45) is 5.92 Å². The lowest BCUT2D eigenvalue weighted by molar-refractivity contribution is -0.119. The van der Waals surface area contributed by atoms with Gasteiger partial charge in [-0.2, -0.15) is 0 Å². The molecule has 1 atom stereocenters. The maximum atomic E-state index is 12.9. The summed E-state index contributed by atoms with van der Waals surface area (Å²) in [5, 5.41) is 5.52. The number of amides is 2. The van der Waals surface area contributed by atoms with E-state index in [1.807, 2.05) is 4.90 Å². The van der Waals surface area contributed by atoms with Gasteiger partial charge < -0.3 is 15.1 Å². The fourth-order valence-electron chi connectivity index (χ4n) is 3.21. The van der Waals surface area contributed by atoms with E-state index in [0.29, 0.717) is 43.7 Å². The minimum Gasteiger partial charge on any atom is -0.347 e. The third kappa shape index (κ3) is 5.03. The molecule has 9 heteroatoms. The maximum absolute atomic E-state index is 12.9. The number of nitrogens with zero attached hydrogens (tertiary/aromatic N) is 5. The predicted molar refractivity (Wildman–Crippen MR) is 108 cm³/mol. The second-order valence-electron chi connectivity index (χ2n) is 7.28. The average Bonchev–Trinajstić information content (AvgIpc) is 3.17. The molecule has 0 aromatic carbocycles. The van der Waals surface area contributed by atoms with Crippen molar-refractivity contribution >= 4 is 29.1 Å². The van der Waals surface area contributed by atoms with E-state index in [0.717, 1.165) is 11.4 Å². The Kier molecular flexibility index (Phi) is 6.56. The second kappa shape index (κ2) is 9.09. The highest BCUT2D eigenvalue weighted by atomic mass is 32.1. The van der Waals surface area contributed by atoms with Crippen molar-refractivity contribution in [3.8, 4) is 0 Å². The van der Waals surface area contributed by atoms with Crippen molar-refractivity contribution < 1.29 is 9.59 Å². The number of carbonyl (C=O) groups is 2. The molecule has 1 aliphatic rings. The summed E-state index contributed by atoms with van der Waals surface area (Å²) in [4.78, 5) is 41.3. The lowest BCUT2D eigenvalue weighted by Gasteiger charge is -2.34. The van der Waals surface area contributed by atoms with Crippen LogP contribution in [-0.4, -0.2) is 57.8 Å². The van der Waals surface area contributed by atoms with Gasteiger partial charge in [0.1, 0.15) is 10.7 Å². The largest absolute Gasteiger partial charge is 0.347 e. The maximum Gasteiger partial charge on any atom is 0.273 e. The molecule has 3 heterocycles. The molecule has 2 aromatic heterocycles. The van der Waals surface area contributed by atoms with Gasteiger partial charge in [-0.15, -0.1) is 11.3 Å². The van der Waals surface area contributed by atoms with Crippen LogP contribution in [0.4, 0.5) is 5.95 Å². The van der Waals surface area contributed by atoms with Crippen molar-refractivity contribution in [2.75, 3.05) is 31.1 Å². The van der Waals surface area contributed by atoms with E-state index >= 15 is 0 Å². The minimum absolute atomic E-state index is 0.0674. The summed E-state index contributed by atoms with van der Waals surface area (Å²) in [6.07, 6.45) is 4.23. The zero-order valence-corrected chi connectivity index (χ0v) is 17.3. The van der Waals surface area contributed by atoms with Gasteiger partial charge in [0.2, 0.25) is 11.9 Å². The first-order valence-electron chi connectivity index (χ1n) is 9.47. The van der Waals surface area contributed by atoms with Crippen LogP contribution in [0.1, 0.15) is 48.7 Å². The molecule has 0 saturated carbocycles. The standard InChI is InChI=1S/C19H26N6O2S/c1-13(2)11-15(22-14(3)26)17-23-16(12-28-17)18(27)24-7-9-25(10-8-24)19-20-5-4-6-21-19/h4-6,12-13,15H,7-11H2,1-3H3,(H,22,26)/t15-/m1/s1. The zero-order valence-electron chi connectivity index (χ0n) is 16.5. The van der Waals surface area contributed by atoms with Gasteiger partial charge in [-0.1, -0.05) is 13.8 Å². The van der Waals surface area contributed by atoms with Gasteiger partial charge in [-0.25, -0.2) is 15.0 Å². The number of rotatable bonds is 6. The van der Waals surface area contributed by atoms with E-state index in [-0.39, 0.29) is 17.9 Å².